The Kier molecular flexibility index (Phi) is 11.5. The molecular weight excluding hydrogens is 404 g/mol. The van der Waals surface area contributed by atoms with E-state index in [0.29, 0.717) is 13.2 Å². The Morgan fingerprint density at radius 1 is 1.00 bits per heavy atom. The zero-order chi connectivity index (χ0) is 21.6. The van der Waals surface area contributed by atoms with Crippen LogP contribution in [0.1, 0.15) is 39.5 Å². The molecule has 0 N–H and O–H groups in total. The van der Waals surface area contributed by atoms with E-state index in [4.69, 9.17) is 19.7 Å². The first-order chi connectivity index (χ1) is 14.7. The third-order valence-electron chi connectivity index (χ3n) is 4.74. The van der Waals surface area contributed by atoms with Crippen molar-refractivity contribution < 1.29 is 14.2 Å². The molecule has 1 saturated heterocycles. The highest BCUT2D eigenvalue weighted by molar-refractivity contribution is 7.99. The van der Waals surface area contributed by atoms with Gasteiger partial charge in [-0.15, -0.1) is 0 Å². The van der Waals surface area contributed by atoms with Crippen molar-refractivity contribution in [3.63, 3.8) is 0 Å². The zero-order valence-corrected chi connectivity index (χ0v) is 18.4. The van der Waals surface area contributed by atoms with E-state index in [1.54, 1.807) is 0 Å². The molecule has 1 aliphatic heterocycles. The van der Waals surface area contributed by atoms with E-state index in [0.717, 1.165) is 30.6 Å². The molecule has 0 amide bonds. The molecule has 0 aliphatic carbocycles. The number of unbranched alkanes of at least 4 members (excludes halogenated alkanes) is 2. The molecule has 0 spiro atoms. The number of azide groups is 2. The Balaban J connectivity index is 2.32. The smallest absolute Gasteiger partial charge is 0.119 e. The van der Waals surface area contributed by atoms with Gasteiger partial charge in [-0.2, -0.15) is 0 Å². The summed E-state index contributed by atoms with van der Waals surface area (Å²) in [6.45, 7) is 5.36. The van der Waals surface area contributed by atoms with E-state index in [1.807, 2.05) is 30.3 Å². The molecule has 1 aromatic carbocycles. The maximum atomic E-state index is 9.23. The number of hydrogen-bond acceptors (Lipinski definition) is 6. The second kappa shape index (κ2) is 14.1. The molecule has 164 valence electrons. The van der Waals surface area contributed by atoms with Crippen molar-refractivity contribution in [3.05, 3.63) is 51.2 Å². The van der Waals surface area contributed by atoms with Gasteiger partial charge in [-0.05, 0) is 36.0 Å². The van der Waals surface area contributed by atoms with Gasteiger partial charge in [-0.25, -0.2) is 0 Å². The van der Waals surface area contributed by atoms with Crippen LogP contribution in [0.25, 0.3) is 20.9 Å². The molecule has 1 heterocycles. The third kappa shape index (κ3) is 7.40. The number of rotatable bonds is 13. The summed E-state index contributed by atoms with van der Waals surface area (Å²) in [5.74, 6) is 0. The van der Waals surface area contributed by atoms with Crippen molar-refractivity contribution >= 4 is 11.8 Å². The number of thioether (sulfide) groups is 1. The first kappa shape index (κ1) is 24.3. The highest BCUT2D eigenvalue weighted by Gasteiger charge is 2.47. The molecule has 0 aromatic heterocycles. The Labute approximate surface area is 181 Å². The summed E-state index contributed by atoms with van der Waals surface area (Å²) in [5, 5.41) is 7.77. The minimum absolute atomic E-state index is 0.121. The fourth-order valence-electron chi connectivity index (χ4n) is 3.19. The second-order valence-electron chi connectivity index (χ2n) is 6.96. The minimum atomic E-state index is -0.578. The Morgan fingerprint density at radius 2 is 1.67 bits per heavy atom. The van der Waals surface area contributed by atoms with Gasteiger partial charge < -0.3 is 14.2 Å². The van der Waals surface area contributed by atoms with Crippen molar-refractivity contribution in [1.29, 1.82) is 0 Å². The highest BCUT2D eigenvalue weighted by atomic mass is 32.2. The lowest BCUT2D eigenvalue weighted by atomic mass is 9.97. The zero-order valence-electron chi connectivity index (χ0n) is 17.5. The topological polar surface area (TPSA) is 125 Å². The van der Waals surface area contributed by atoms with Crippen molar-refractivity contribution in [1.82, 2.24) is 0 Å². The van der Waals surface area contributed by atoms with E-state index in [9.17, 15) is 5.53 Å². The molecular formula is C20H30N6O3S. The van der Waals surface area contributed by atoms with Crippen molar-refractivity contribution in [2.45, 2.75) is 74.2 Å². The predicted octanol–water partition coefficient (Wildman–Crippen LogP) is 5.86. The van der Waals surface area contributed by atoms with E-state index in [-0.39, 0.29) is 6.54 Å². The van der Waals surface area contributed by atoms with Gasteiger partial charge in [0.1, 0.15) is 17.6 Å². The third-order valence-corrected chi connectivity index (χ3v) is 5.90. The molecule has 5 unspecified atom stereocenters. The van der Waals surface area contributed by atoms with Crippen LogP contribution in [0.3, 0.4) is 0 Å². The van der Waals surface area contributed by atoms with Crippen LogP contribution in [0.5, 0.6) is 0 Å². The van der Waals surface area contributed by atoms with Gasteiger partial charge in [0.25, 0.3) is 0 Å². The van der Waals surface area contributed by atoms with Crippen LogP contribution < -0.4 is 0 Å². The van der Waals surface area contributed by atoms with Crippen molar-refractivity contribution in [2.75, 3.05) is 19.8 Å². The maximum Gasteiger partial charge on any atom is 0.119 e. The van der Waals surface area contributed by atoms with Gasteiger partial charge in [0.15, 0.2) is 0 Å². The SMILES string of the molecule is CCCCOC1C(CN=[N+]=[N-])OC(Sc2ccccc2)C(N=[N+]=[N-])C1OCCCC. The summed E-state index contributed by atoms with van der Waals surface area (Å²) < 4.78 is 18.6. The van der Waals surface area contributed by atoms with Crippen LogP contribution in [0.4, 0.5) is 0 Å². The molecule has 0 saturated carbocycles. The normalized spacial score (nSPS) is 25.9. The molecule has 30 heavy (non-hydrogen) atoms. The summed E-state index contributed by atoms with van der Waals surface area (Å²) in [6, 6.07) is 9.19. The monoisotopic (exact) mass is 434 g/mol. The number of hydrogen-bond donors (Lipinski definition) is 0. The molecule has 2 rings (SSSR count). The molecule has 10 heteroatoms. The number of ether oxygens (including phenoxy) is 3. The van der Waals surface area contributed by atoms with E-state index in [2.05, 4.69) is 33.9 Å². The first-order valence-electron chi connectivity index (χ1n) is 10.4. The highest BCUT2D eigenvalue weighted by Crippen LogP contribution is 2.37. The largest absolute Gasteiger partial charge is 0.375 e. The summed E-state index contributed by atoms with van der Waals surface area (Å²) in [5.41, 5.74) is 17.6. The lowest BCUT2D eigenvalue weighted by Crippen LogP contribution is -2.58. The molecule has 1 aliphatic rings. The maximum absolute atomic E-state index is 9.23. The summed E-state index contributed by atoms with van der Waals surface area (Å²) in [6.07, 6.45) is 2.29. The molecule has 1 fully saturated rings. The summed E-state index contributed by atoms with van der Waals surface area (Å²) in [7, 11) is 0. The van der Waals surface area contributed by atoms with Crippen LogP contribution in [0.15, 0.2) is 45.5 Å². The van der Waals surface area contributed by atoms with E-state index < -0.39 is 29.8 Å². The number of benzene rings is 1. The van der Waals surface area contributed by atoms with E-state index in [1.165, 1.54) is 11.8 Å². The Bertz CT molecular complexity index is 712. The van der Waals surface area contributed by atoms with Crippen molar-refractivity contribution in [2.24, 2.45) is 10.2 Å². The fourth-order valence-corrected chi connectivity index (χ4v) is 4.32. The molecule has 9 nitrogen and oxygen atoms in total. The molecule has 0 radical (unpaired) electrons. The molecule has 1 aromatic rings. The lowest BCUT2D eigenvalue weighted by Gasteiger charge is -2.44. The van der Waals surface area contributed by atoms with Crippen LogP contribution in [-0.2, 0) is 14.2 Å². The standard InChI is InChI=1S/C20H30N6O3S/c1-3-5-12-27-18-16(14-23-25-21)29-20(30-15-10-8-7-9-11-15)17(24-26-22)19(18)28-13-6-4-2/h7-11,16-20H,3-6,12-14H2,1-2H3. The van der Waals surface area contributed by atoms with E-state index >= 15 is 0 Å². The number of nitrogens with zero attached hydrogens (tertiary/aromatic N) is 6. The average Bonchev–Trinajstić information content (AvgIpc) is 2.76. The summed E-state index contributed by atoms with van der Waals surface area (Å²) >= 11 is 1.47. The van der Waals surface area contributed by atoms with Crippen LogP contribution in [0.2, 0.25) is 0 Å². The first-order valence-corrected chi connectivity index (χ1v) is 11.3. The quantitative estimate of drug-likeness (QED) is 0.167. The summed E-state index contributed by atoms with van der Waals surface area (Å²) in [4.78, 5) is 6.93. The molecule has 0 bridgehead atoms. The van der Waals surface area contributed by atoms with Gasteiger partial charge >= 0.3 is 0 Å². The van der Waals surface area contributed by atoms with Crippen LogP contribution >= 0.6 is 11.8 Å². The average molecular weight is 435 g/mol. The lowest BCUT2D eigenvalue weighted by molar-refractivity contribution is -0.189. The van der Waals surface area contributed by atoms with Gasteiger partial charge in [0.2, 0.25) is 0 Å². The predicted molar refractivity (Wildman–Crippen MR) is 117 cm³/mol. The van der Waals surface area contributed by atoms with Gasteiger partial charge in [-0.1, -0.05) is 66.9 Å². The second-order valence-corrected chi connectivity index (χ2v) is 8.13. The van der Waals surface area contributed by atoms with Crippen molar-refractivity contribution in [3.8, 4) is 0 Å². The fraction of sp³-hybridized carbons (Fsp3) is 0.700. The van der Waals surface area contributed by atoms with Crippen LogP contribution in [0, 0.1) is 0 Å². The molecule has 5 atom stereocenters. The Morgan fingerprint density at radius 3 is 2.27 bits per heavy atom. The minimum Gasteiger partial charge on any atom is -0.375 e. The van der Waals surface area contributed by atoms with Gasteiger partial charge in [-0.3, -0.25) is 0 Å². The van der Waals surface area contributed by atoms with Gasteiger partial charge in [0.05, 0.1) is 18.8 Å². The van der Waals surface area contributed by atoms with Gasteiger partial charge in [0, 0.05) is 27.9 Å². The Hall–Kier alpha value is -1.93. The van der Waals surface area contributed by atoms with Crippen LogP contribution in [-0.4, -0.2) is 49.5 Å².